The van der Waals surface area contributed by atoms with Gasteiger partial charge in [-0.1, -0.05) is 6.92 Å². The van der Waals surface area contributed by atoms with Crippen molar-refractivity contribution in [2.45, 2.75) is 27.2 Å². The summed E-state index contributed by atoms with van der Waals surface area (Å²) in [7, 11) is 1.30. The fourth-order valence-corrected chi connectivity index (χ4v) is 3.97. The second-order valence-electron chi connectivity index (χ2n) is 6.19. The monoisotopic (exact) mass is 354 g/mol. The van der Waals surface area contributed by atoms with Crippen LogP contribution in [0.3, 0.4) is 0 Å². The van der Waals surface area contributed by atoms with Gasteiger partial charge in [0.05, 0.1) is 18.6 Å². The molecule has 0 aromatic carbocycles. The van der Waals surface area contributed by atoms with Crippen LogP contribution in [0.1, 0.15) is 34.1 Å². The minimum Gasteiger partial charge on any atom is -0.481 e. The third kappa shape index (κ3) is 3.69. The van der Waals surface area contributed by atoms with Crippen LogP contribution in [0.5, 0.6) is 0 Å². The Morgan fingerprint density at radius 2 is 1.96 bits per heavy atom. The van der Waals surface area contributed by atoms with Gasteiger partial charge in [0.2, 0.25) is 0 Å². The van der Waals surface area contributed by atoms with Gasteiger partial charge in [-0.3, -0.25) is 10.1 Å². The van der Waals surface area contributed by atoms with Gasteiger partial charge in [-0.2, -0.15) is 0 Å². The van der Waals surface area contributed by atoms with Crippen LogP contribution in [0, 0.1) is 25.7 Å². The zero-order valence-electron chi connectivity index (χ0n) is 14.2. The highest BCUT2D eigenvalue weighted by Crippen LogP contribution is 2.33. The Balaban J connectivity index is 2.19. The van der Waals surface area contributed by atoms with E-state index in [1.807, 2.05) is 13.8 Å². The van der Waals surface area contributed by atoms with E-state index in [4.69, 9.17) is 4.74 Å². The summed E-state index contributed by atoms with van der Waals surface area (Å²) < 4.78 is 4.79. The predicted octanol–water partition coefficient (Wildman–Crippen LogP) is 2.73. The fourth-order valence-electron chi connectivity index (χ4n) is 2.94. The molecule has 0 aliphatic carbocycles. The van der Waals surface area contributed by atoms with E-state index in [0.717, 1.165) is 10.4 Å². The van der Waals surface area contributed by atoms with E-state index < -0.39 is 17.9 Å². The van der Waals surface area contributed by atoms with Gasteiger partial charge in [-0.05, 0) is 31.7 Å². The molecule has 2 rings (SSSR count). The van der Waals surface area contributed by atoms with Crippen LogP contribution < -0.4 is 5.32 Å². The van der Waals surface area contributed by atoms with Gasteiger partial charge < -0.3 is 14.7 Å². The maximum atomic E-state index is 12.5. The summed E-state index contributed by atoms with van der Waals surface area (Å²) in [5.74, 6) is -1.84. The SMILES string of the molecule is COC(=O)c1c(NC(=O)N2CC(C)CC(C(=O)O)C2)sc(C)c1C. The van der Waals surface area contributed by atoms with Gasteiger partial charge >= 0.3 is 18.0 Å². The summed E-state index contributed by atoms with van der Waals surface area (Å²) in [5, 5.41) is 12.4. The Kier molecular flexibility index (Phi) is 5.48. The van der Waals surface area contributed by atoms with Crippen molar-refractivity contribution in [1.29, 1.82) is 0 Å². The number of aryl methyl sites for hydroxylation is 1. The van der Waals surface area contributed by atoms with E-state index in [1.54, 1.807) is 6.92 Å². The molecule has 1 aliphatic rings. The number of nitrogens with zero attached hydrogens (tertiary/aromatic N) is 1. The van der Waals surface area contributed by atoms with Crippen molar-refractivity contribution in [2.24, 2.45) is 11.8 Å². The van der Waals surface area contributed by atoms with Gasteiger partial charge in [-0.25, -0.2) is 9.59 Å². The third-order valence-electron chi connectivity index (χ3n) is 4.29. The maximum absolute atomic E-state index is 12.5. The number of carboxylic acids is 1. The first-order valence-corrected chi connectivity index (χ1v) is 8.53. The fraction of sp³-hybridized carbons (Fsp3) is 0.562. The Hall–Kier alpha value is -2.09. The van der Waals surface area contributed by atoms with Crippen LogP contribution in [0.4, 0.5) is 9.80 Å². The standard InChI is InChI=1S/C16H22N2O5S/c1-8-5-11(14(19)20)7-18(6-8)16(22)17-13-12(15(21)23-4)9(2)10(3)24-13/h8,11H,5-7H2,1-4H3,(H,17,22)(H,19,20). The second kappa shape index (κ2) is 7.21. The molecule has 7 nitrogen and oxygen atoms in total. The van der Waals surface area contributed by atoms with Gasteiger partial charge in [-0.15, -0.1) is 11.3 Å². The number of likely N-dealkylation sites (tertiary alicyclic amines) is 1. The molecule has 1 aromatic rings. The Morgan fingerprint density at radius 1 is 1.29 bits per heavy atom. The van der Waals surface area contributed by atoms with Crippen LogP contribution in [-0.2, 0) is 9.53 Å². The summed E-state index contributed by atoms with van der Waals surface area (Å²) in [6.07, 6.45) is 0.559. The number of hydrogen-bond donors (Lipinski definition) is 2. The van der Waals surface area contributed by atoms with Crippen LogP contribution in [0.25, 0.3) is 0 Å². The highest BCUT2D eigenvalue weighted by Gasteiger charge is 2.32. The molecular formula is C16H22N2O5S. The molecule has 8 heteroatoms. The van der Waals surface area contributed by atoms with Gasteiger partial charge in [0.1, 0.15) is 5.00 Å². The number of carbonyl (C=O) groups is 3. The number of methoxy groups -OCH3 is 1. The maximum Gasteiger partial charge on any atom is 0.341 e. The number of carbonyl (C=O) groups excluding carboxylic acids is 2. The zero-order chi connectivity index (χ0) is 18.0. The lowest BCUT2D eigenvalue weighted by Crippen LogP contribution is -2.47. The summed E-state index contributed by atoms with van der Waals surface area (Å²) in [4.78, 5) is 38.2. The summed E-state index contributed by atoms with van der Waals surface area (Å²) in [6.45, 7) is 6.26. The minimum atomic E-state index is -0.891. The number of hydrogen-bond acceptors (Lipinski definition) is 5. The smallest absolute Gasteiger partial charge is 0.341 e. The topological polar surface area (TPSA) is 95.9 Å². The molecule has 0 bridgehead atoms. The Morgan fingerprint density at radius 3 is 2.54 bits per heavy atom. The molecule has 0 radical (unpaired) electrons. The number of anilines is 1. The largest absolute Gasteiger partial charge is 0.481 e. The summed E-state index contributed by atoms with van der Waals surface area (Å²) >= 11 is 1.31. The summed E-state index contributed by atoms with van der Waals surface area (Å²) in [6, 6.07) is -0.390. The quantitative estimate of drug-likeness (QED) is 0.814. The van der Waals surface area contributed by atoms with E-state index in [1.165, 1.54) is 23.3 Å². The van der Waals surface area contributed by atoms with E-state index >= 15 is 0 Å². The third-order valence-corrected chi connectivity index (χ3v) is 5.41. The number of aliphatic carboxylic acids is 1. The molecule has 2 heterocycles. The molecular weight excluding hydrogens is 332 g/mol. The second-order valence-corrected chi connectivity index (χ2v) is 7.41. The number of esters is 1. The number of carboxylic acid groups (broad SMARTS) is 1. The molecule has 2 unspecified atom stereocenters. The number of rotatable bonds is 3. The lowest BCUT2D eigenvalue weighted by atomic mass is 9.91. The van der Waals surface area contributed by atoms with Crippen molar-refractivity contribution >= 4 is 34.3 Å². The average Bonchev–Trinajstić information content (AvgIpc) is 2.80. The van der Waals surface area contributed by atoms with Crippen LogP contribution in [0.2, 0.25) is 0 Å². The lowest BCUT2D eigenvalue weighted by molar-refractivity contribution is -0.143. The highest BCUT2D eigenvalue weighted by molar-refractivity contribution is 7.16. The first-order chi connectivity index (χ1) is 11.2. The van der Waals surface area contributed by atoms with Gasteiger partial charge in [0.25, 0.3) is 0 Å². The van der Waals surface area contributed by atoms with E-state index in [0.29, 0.717) is 23.5 Å². The molecule has 1 fully saturated rings. The number of urea groups is 1. The van der Waals surface area contributed by atoms with Crippen molar-refractivity contribution in [3.63, 3.8) is 0 Å². The van der Waals surface area contributed by atoms with Crippen molar-refractivity contribution in [3.05, 3.63) is 16.0 Å². The molecule has 1 aliphatic heterocycles. The van der Waals surface area contributed by atoms with E-state index in [-0.39, 0.29) is 18.5 Å². The minimum absolute atomic E-state index is 0.109. The van der Waals surface area contributed by atoms with E-state index in [2.05, 4.69) is 5.32 Å². The molecule has 0 spiro atoms. The normalized spacial score (nSPS) is 20.6. The van der Waals surface area contributed by atoms with Crippen molar-refractivity contribution < 1.29 is 24.2 Å². The number of amides is 2. The van der Waals surface area contributed by atoms with E-state index in [9.17, 15) is 19.5 Å². The molecule has 24 heavy (non-hydrogen) atoms. The van der Waals surface area contributed by atoms with Crippen LogP contribution in [0.15, 0.2) is 0 Å². The number of ether oxygens (including phenoxy) is 1. The van der Waals surface area contributed by atoms with Crippen molar-refractivity contribution in [2.75, 3.05) is 25.5 Å². The Bertz CT molecular complexity index is 670. The van der Waals surface area contributed by atoms with Gasteiger partial charge in [0.15, 0.2) is 0 Å². The predicted molar refractivity (Wildman–Crippen MR) is 90.6 cm³/mol. The van der Waals surface area contributed by atoms with Crippen LogP contribution >= 0.6 is 11.3 Å². The molecule has 132 valence electrons. The molecule has 1 aromatic heterocycles. The molecule has 2 atom stereocenters. The summed E-state index contributed by atoms with van der Waals surface area (Å²) in [5.41, 5.74) is 1.13. The molecule has 0 saturated carbocycles. The number of nitrogens with one attached hydrogen (secondary N) is 1. The van der Waals surface area contributed by atoms with Crippen molar-refractivity contribution in [3.8, 4) is 0 Å². The first kappa shape index (κ1) is 18.3. The zero-order valence-corrected chi connectivity index (χ0v) is 15.0. The number of piperidine rings is 1. The van der Waals surface area contributed by atoms with Crippen molar-refractivity contribution in [1.82, 2.24) is 4.90 Å². The molecule has 1 saturated heterocycles. The first-order valence-electron chi connectivity index (χ1n) is 7.71. The average molecular weight is 354 g/mol. The Labute approximate surface area is 144 Å². The lowest BCUT2D eigenvalue weighted by Gasteiger charge is -2.34. The molecule has 2 amide bonds. The highest BCUT2D eigenvalue weighted by atomic mass is 32.1. The van der Waals surface area contributed by atoms with Crippen LogP contribution in [-0.4, -0.2) is 48.2 Å². The molecule has 2 N–H and O–H groups in total. The van der Waals surface area contributed by atoms with Gasteiger partial charge in [0, 0.05) is 18.0 Å². The number of thiophene rings is 1.